The summed E-state index contributed by atoms with van der Waals surface area (Å²) in [5, 5.41) is 9.01. The number of carbonyl (C=O) groups excluding carboxylic acids is 1. The first-order valence-corrected chi connectivity index (χ1v) is 14.6. The van der Waals surface area contributed by atoms with E-state index in [0.717, 1.165) is 61.5 Å². The summed E-state index contributed by atoms with van der Waals surface area (Å²) in [4.78, 5) is 15.8. The molecule has 0 N–H and O–H groups in total. The monoisotopic (exact) mass is 499 g/mol. The number of aromatic nitrogens is 3. The molecule has 1 unspecified atom stereocenters. The van der Waals surface area contributed by atoms with Gasteiger partial charge in [-0.2, -0.15) is 4.31 Å². The number of piperidine rings is 2. The Morgan fingerprint density at radius 2 is 1.71 bits per heavy atom. The SMILES string of the molecule is Cc1ccc(S(=O)(=O)N2CCC(C(=O)N3CCCC(c4nnc5n4CCCCC5)C3)CC2)cc1C. The highest BCUT2D eigenvalue weighted by atomic mass is 32.2. The Hall–Kier alpha value is -2.26. The molecule has 1 atom stereocenters. The van der Waals surface area contributed by atoms with Crippen LogP contribution in [0.2, 0.25) is 0 Å². The van der Waals surface area contributed by atoms with Crippen LogP contribution in [0.1, 0.15) is 73.6 Å². The first-order chi connectivity index (χ1) is 16.8. The Morgan fingerprint density at radius 3 is 2.49 bits per heavy atom. The smallest absolute Gasteiger partial charge is 0.243 e. The average Bonchev–Trinajstić information content (AvgIpc) is 3.13. The number of aryl methyl sites for hydroxylation is 3. The number of hydrogen-bond donors (Lipinski definition) is 0. The number of amides is 1. The van der Waals surface area contributed by atoms with Gasteiger partial charge in [-0.15, -0.1) is 10.2 Å². The Balaban J connectivity index is 1.22. The van der Waals surface area contributed by atoms with Crippen molar-refractivity contribution in [1.29, 1.82) is 0 Å². The van der Waals surface area contributed by atoms with Crippen LogP contribution in [-0.4, -0.2) is 64.5 Å². The second-order valence-corrected chi connectivity index (χ2v) is 12.4. The number of benzene rings is 1. The van der Waals surface area contributed by atoms with Gasteiger partial charge in [0, 0.05) is 51.0 Å². The quantitative estimate of drug-likeness (QED) is 0.643. The van der Waals surface area contributed by atoms with Gasteiger partial charge in [0.1, 0.15) is 11.6 Å². The highest BCUT2D eigenvalue weighted by Gasteiger charge is 2.36. The maximum atomic E-state index is 13.4. The van der Waals surface area contributed by atoms with Crippen LogP contribution in [0.4, 0.5) is 0 Å². The molecule has 0 bridgehead atoms. The van der Waals surface area contributed by atoms with E-state index in [0.29, 0.717) is 37.4 Å². The summed E-state index contributed by atoms with van der Waals surface area (Å²) in [6.45, 7) is 7.14. The maximum absolute atomic E-state index is 13.4. The third kappa shape index (κ3) is 4.89. The Labute approximate surface area is 208 Å². The summed E-state index contributed by atoms with van der Waals surface area (Å²) >= 11 is 0. The summed E-state index contributed by atoms with van der Waals surface area (Å²) in [5.74, 6) is 2.44. The third-order valence-electron chi connectivity index (χ3n) is 8.16. The fourth-order valence-electron chi connectivity index (χ4n) is 5.82. The largest absolute Gasteiger partial charge is 0.342 e. The minimum Gasteiger partial charge on any atom is -0.342 e. The molecule has 2 fully saturated rings. The third-order valence-corrected chi connectivity index (χ3v) is 10.1. The van der Waals surface area contributed by atoms with E-state index in [-0.39, 0.29) is 17.7 Å². The number of hydrogen-bond acceptors (Lipinski definition) is 5. The van der Waals surface area contributed by atoms with Crippen molar-refractivity contribution in [2.24, 2.45) is 5.92 Å². The van der Waals surface area contributed by atoms with Gasteiger partial charge >= 0.3 is 0 Å². The van der Waals surface area contributed by atoms with Crippen LogP contribution >= 0.6 is 0 Å². The topological polar surface area (TPSA) is 88.4 Å². The number of likely N-dealkylation sites (tertiary alicyclic amines) is 1. The van der Waals surface area contributed by atoms with Crippen LogP contribution < -0.4 is 0 Å². The molecule has 3 aliphatic rings. The maximum Gasteiger partial charge on any atom is 0.243 e. The summed E-state index contributed by atoms with van der Waals surface area (Å²) in [6.07, 6.45) is 7.71. The van der Waals surface area contributed by atoms with E-state index in [2.05, 4.69) is 14.8 Å². The number of carbonyl (C=O) groups is 1. The summed E-state index contributed by atoms with van der Waals surface area (Å²) < 4.78 is 30.2. The van der Waals surface area contributed by atoms with Crippen LogP contribution in [0.3, 0.4) is 0 Å². The van der Waals surface area contributed by atoms with Gasteiger partial charge in [-0.1, -0.05) is 12.5 Å². The summed E-state index contributed by atoms with van der Waals surface area (Å²) in [7, 11) is -3.54. The minimum absolute atomic E-state index is 0.115. The normalized spacial score (nSPS) is 22.6. The van der Waals surface area contributed by atoms with Gasteiger partial charge in [0.15, 0.2) is 0 Å². The first-order valence-electron chi connectivity index (χ1n) is 13.1. The molecule has 2 saturated heterocycles. The number of fused-ring (bicyclic) bond motifs is 1. The molecule has 5 rings (SSSR count). The lowest BCUT2D eigenvalue weighted by Crippen LogP contribution is -2.47. The molecular weight excluding hydrogens is 462 g/mol. The molecule has 35 heavy (non-hydrogen) atoms. The van der Waals surface area contributed by atoms with Gasteiger partial charge in [-0.05, 0) is 75.6 Å². The zero-order valence-electron chi connectivity index (χ0n) is 20.9. The standard InChI is InChI=1S/C26H37N5O3S/c1-19-9-10-23(17-20(19)2)35(33,34)30-15-11-21(12-16-30)26(32)29-13-6-7-22(18-29)25-28-27-24-8-4-3-5-14-31(24)25/h9-10,17,21-22H,3-8,11-16,18H2,1-2H3. The second-order valence-electron chi connectivity index (χ2n) is 10.5. The lowest BCUT2D eigenvalue weighted by molar-refractivity contribution is -0.138. The predicted octanol–water partition coefficient (Wildman–Crippen LogP) is 3.43. The Morgan fingerprint density at radius 1 is 0.914 bits per heavy atom. The molecule has 2 aromatic rings. The second kappa shape index (κ2) is 10.0. The molecule has 8 nitrogen and oxygen atoms in total. The first kappa shape index (κ1) is 24.4. The van der Waals surface area contributed by atoms with Crippen molar-refractivity contribution in [2.45, 2.75) is 82.6 Å². The molecule has 3 aliphatic heterocycles. The number of sulfonamides is 1. The average molecular weight is 500 g/mol. The van der Waals surface area contributed by atoms with Crippen LogP contribution in [0.5, 0.6) is 0 Å². The molecule has 0 saturated carbocycles. The zero-order chi connectivity index (χ0) is 24.6. The van der Waals surface area contributed by atoms with Crippen LogP contribution in [0, 0.1) is 19.8 Å². The molecule has 0 radical (unpaired) electrons. The van der Waals surface area contributed by atoms with Crippen molar-refractivity contribution in [2.75, 3.05) is 26.2 Å². The molecule has 0 spiro atoms. The molecule has 1 aromatic carbocycles. The van der Waals surface area contributed by atoms with Crippen molar-refractivity contribution in [1.82, 2.24) is 24.0 Å². The molecule has 1 amide bonds. The Kier molecular flexibility index (Phi) is 6.99. The van der Waals surface area contributed by atoms with E-state index in [1.807, 2.05) is 24.8 Å². The molecule has 0 aliphatic carbocycles. The van der Waals surface area contributed by atoms with Gasteiger partial charge in [-0.3, -0.25) is 4.79 Å². The van der Waals surface area contributed by atoms with Crippen molar-refractivity contribution in [3.05, 3.63) is 41.0 Å². The van der Waals surface area contributed by atoms with Crippen molar-refractivity contribution >= 4 is 15.9 Å². The van der Waals surface area contributed by atoms with Crippen LogP contribution in [0.25, 0.3) is 0 Å². The molecule has 1 aromatic heterocycles. The summed E-state index contributed by atoms with van der Waals surface area (Å²) in [5.41, 5.74) is 2.05. The highest BCUT2D eigenvalue weighted by molar-refractivity contribution is 7.89. The van der Waals surface area contributed by atoms with Gasteiger partial charge in [0.25, 0.3) is 0 Å². The van der Waals surface area contributed by atoms with Crippen molar-refractivity contribution < 1.29 is 13.2 Å². The Bertz CT molecular complexity index is 1180. The predicted molar refractivity (Wildman–Crippen MR) is 134 cm³/mol. The minimum atomic E-state index is -3.54. The fourth-order valence-corrected chi connectivity index (χ4v) is 7.38. The lowest BCUT2D eigenvalue weighted by atomic mass is 9.92. The molecule has 190 valence electrons. The van der Waals surface area contributed by atoms with Crippen LogP contribution in [-0.2, 0) is 27.8 Å². The van der Waals surface area contributed by atoms with E-state index in [9.17, 15) is 13.2 Å². The highest BCUT2D eigenvalue weighted by Crippen LogP contribution is 2.31. The lowest BCUT2D eigenvalue weighted by Gasteiger charge is -2.37. The van der Waals surface area contributed by atoms with Gasteiger partial charge in [0.05, 0.1) is 4.90 Å². The summed E-state index contributed by atoms with van der Waals surface area (Å²) in [6, 6.07) is 5.30. The van der Waals surface area contributed by atoms with E-state index in [4.69, 9.17) is 0 Å². The number of rotatable bonds is 4. The van der Waals surface area contributed by atoms with Crippen molar-refractivity contribution in [3.8, 4) is 0 Å². The van der Waals surface area contributed by atoms with E-state index in [1.54, 1.807) is 16.4 Å². The van der Waals surface area contributed by atoms with Gasteiger partial charge in [-0.25, -0.2) is 8.42 Å². The molecular formula is C26H37N5O3S. The van der Waals surface area contributed by atoms with Gasteiger partial charge in [0.2, 0.25) is 15.9 Å². The van der Waals surface area contributed by atoms with Gasteiger partial charge < -0.3 is 9.47 Å². The van der Waals surface area contributed by atoms with Crippen LogP contribution in [0.15, 0.2) is 23.1 Å². The van der Waals surface area contributed by atoms with E-state index >= 15 is 0 Å². The zero-order valence-corrected chi connectivity index (χ0v) is 21.8. The van der Waals surface area contributed by atoms with Crippen molar-refractivity contribution in [3.63, 3.8) is 0 Å². The van der Waals surface area contributed by atoms with E-state index < -0.39 is 10.0 Å². The molecule has 9 heteroatoms. The fraction of sp³-hybridized carbons (Fsp3) is 0.654. The number of nitrogens with zero attached hydrogens (tertiary/aromatic N) is 5. The molecule has 4 heterocycles. The van der Waals surface area contributed by atoms with E-state index in [1.165, 1.54) is 12.8 Å².